The Bertz CT molecular complexity index is 367. The highest BCUT2D eigenvalue weighted by Gasteiger charge is 2.23. The second-order valence-corrected chi connectivity index (χ2v) is 5.00. The molecular formula is C13H18ClNO. The molecule has 0 aliphatic heterocycles. The number of hydrogen-bond donors (Lipinski definition) is 2. The average molecular weight is 240 g/mol. The van der Waals surface area contributed by atoms with E-state index in [9.17, 15) is 0 Å². The maximum atomic E-state index is 8.99. The number of fused-ring (bicyclic) bond motifs is 1. The molecule has 2 N–H and O–H groups in total. The molecule has 16 heavy (non-hydrogen) atoms. The van der Waals surface area contributed by atoms with Gasteiger partial charge in [-0.15, -0.1) is 0 Å². The van der Waals surface area contributed by atoms with Crippen molar-refractivity contribution in [1.82, 2.24) is 5.32 Å². The predicted molar refractivity (Wildman–Crippen MR) is 66.8 cm³/mol. The standard InChI is InChI=1S/C13H18ClNO/c1-9(8-16)7-15-13-6-5-10-11(13)3-2-4-12(10)14/h2-4,9,13,15-16H,5-8H2,1H3. The Hall–Kier alpha value is -0.570. The number of aliphatic hydroxyl groups excluding tert-OH is 1. The third kappa shape index (κ3) is 2.40. The normalized spacial score (nSPS) is 20.8. The molecule has 0 spiro atoms. The molecule has 0 bridgehead atoms. The summed E-state index contributed by atoms with van der Waals surface area (Å²) in [6, 6.07) is 6.52. The lowest BCUT2D eigenvalue weighted by atomic mass is 10.1. The summed E-state index contributed by atoms with van der Waals surface area (Å²) in [6.07, 6.45) is 2.16. The van der Waals surface area contributed by atoms with Gasteiger partial charge in [-0.1, -0.05) is 30.7 Å². The van der Waals surface area contributed by atoms with Crippen LogP contribution in [0.4, 0.5) is 0 Å². The first-order valence-corrected chi connectivity index (χ1v) is 6.21. The molecule has 0 heterocycles. The Morgan fingerprint density at radius 1 is 1.56 bits per heavy atom. The summed E-state index contributed by atoms with van der Waals surface area (Å²) in [5.74, 6) is 0.309. The largest absolute Gasteiger partial charge is 0.396 e. The molecular weight excluding hydrogens is 222 g/mol. The Morgan fingerprint density at radius 3 is 3.12 bits per heavy atom. The van der Waals surface area contributed by atoms with Crippen molar-refractivity contribution in [2.75, 3.05) is 13.2 Å². The number of aliphatic hydroxyl groups is 1. The van der Waals surface area contributed by atoms with Gasteiger partial charge < -0.3 is 10.4 Å². The maximum Gasteiger partial charge on any atom is 0.0468 e. The van der Waals surface area contributed by atoms with Gasteiger partial charge in [0.25, 0.3) is 0 Å². The van der Waals surface area contributed by atoms with E-state index < -0.39 is 0 Å². The second-order valence-electron chi connectivity index (χ2n) is 4.59. The van der Waals surface area contributed by atoms with E-state index in [-0.39, 0.29) is 6.61 Å². The molecule has 3 heteroatoms. The van der Waals surface area contributed by atoms with Crippen molar-refractivity contribution in [1.29, 1.82) is 0 Å². The lowest BCUT2D eigenvalue weighted by Gasteiger charge is -2.16. The van der Waals surface area contributed by atoms with Gasteiger partial charge in [-0.25, -0.2) is 0 Å². The van der Waals surface area contributed by atoms with Crippen LogP contribution < -0.4 is 5.32 Å². The number of benzene rings is 1. The highest BCUT2D eigenvalue weighted by Crippen LogP contribution is 2.35. The van der Waals surface area contributed by atoms with Crippen LogP contribution in [0.3, 0.4) is 0 Å². The summed E-state index contributed by atoms with van der Waals surface area (Å²) in [5.41, 5.74) is 2.62. The average Bonchev–Trinajstić information content (AvgIpc) is 2.70. The minimum atomic E-state index is 0.238. The Kier molecular flexibility index (Phi) is 3.85. The zero-order valence-electron chi connectivity index (χ0n) is 9.54. The van der Waals surface area contributed by atoms with Crippen LogP contribution in [-0.2, 0) is 6.42 Å². The lowest BCUT2D eigenvalue weighted by Crippen LogP contribution is -2.26. The van der Waals surface area contributed by atoms with Crippen LogP contribution in [0.25, 0.3) is 0 Å². The van der Waals surface area contributed by atoms with Crippen molar-refractivity contribution in [3.8, 4) is 0 Å². The predicted octanol–water partition coefficient (Wildman–Crippen LogP) is 2.55. The molecule has 0 fully saturated rings. The van der Waals surface area contributed by atoms with Crippen molar-refractivity contribution in [2.24, 2.45) is 5.92 Å². The third-order valence-corrected chi connectivity index (χ3v) is 3.59. The molecule has 2 rings (SSSR count). The van der Waals surface area contributed by atoms with E-state index in [4.69, 9.17) is 16.7 Å². The van der Waals surface area contributed by atoms with Crippen LogP contribution in [0.15, 0.2) is 18.2 Å². The van der Waals surface area contributed by atoms with Crippen LogP contribution in [0.5, 0.6) is 0 Å². The van der Waals surface area contributed by atoms with Crippen molar-refractivity contribution < 1.29 is 5.11 Å². The molecule has 0 aromatic heterocycles. The molecule has 0 amide bonds. The molecule has 2 nitrogen and oxygen atoms in total. The molecule has 1 aromatic carbocycles. The molecule has 0 saturated carbocycles. The zero-order valence-corrected chi connectivity index (χ0v) is 10.3. The van der Waals surface area contributed by atoms with E-state index >= 15 is 0 Å². The summed E-state index contributed by atoms with van der Waals surface area (Å²) >= 11 is 6.16. The van der Waals surface area contributed by atoms with Gasteiger partial charge in [0.2, 0.25) is 0 Å². The number of halogens is 1. The SMILES string of the molecule is CC(CO)CNC1CCc2c(Cl)cccc21. The van der Waals surface area contributed by atoms with Crippen LogP contribution >= 0.6 is 11.6 Å². The Labute approximate surface area is 102 Å². The third-order valence-electron chi connectivity index (χ3n) is 3.24. The fourth-order valence-electron chi connectivity index (χ4n) is 2.23. The first kappa shape index (κ1) is 11.9. The van der Waals surface area contributed by atoms with Crippen molar-refractivity contribution in [3.05, 3.63) is 34.3 Å². The lowest BCUT2D eigenvalue weighted by molar-refractivity contribution is 0.230. The highest BCUT2D eigenvalue weighted by molar-refractivity contribution is 6.31. The summed E-state index contributed by atoms with van der Waals surface area (Å²) in [5, 5.41) is 13.4. The van der Waals surface area contributed by atoms with Gasteiger partial charge in [0.1, 0.15) is 0 Å². The molecule has 1 aliphatic rings. The number of rotatable bonds is 4. The molecule has 1 aromatic rings. The quantitative estimate of drug-likeness (QED) is 0.847. The van der Waals surface area contributed by atoms with Crippen molar-refractivity contribution in [3.63, 3.8) is 0 Å². The van der Waals surface area contributed by atoms with Gasteiger partial charge in [0, 0.05) is 24.2 Å². The first-order valence-electron chi connectivity index (χ1n) is 5.84. The molecule has 0 saturated heterocycles. The van der Waals surface area contributed by atoms with E-state index in [2.05, 4.69) is 11.4 Å². The van der Waals surface area contributed by atoms with E-state index in [1.54, 1.807) is 0 Å². The summed E-state index contributed by atoms with van der Waals surface area (Å²) in [7, 11) is 0. The van der Waals surface area contributed by atoms with Crippen LogP contribution in [-0.4, -0.2) is 18.3 Å². The van der Waals surface area contributed by atoms with Gasteiger partial charge >= 0.3 is 0 Å². The van der Waals surface area contributed by atoms with Gasteiger partial charge in [-0.05, 0) is 36.0 Å². The topological polar surface area (TPSA) is 32.3 Å². The van der Waals surface area contributed by atoms with Gasteiger partial charge in [0.05, 0.1) is 0 Å². The number of hydrogen-bond acceptors (Lipinski definition) is 2. The van der Waals surface area contributed by atoms with Gasteiger partial charge in [-0.3, -0.25) is 0 Å². The smallest absolute Gasteiger partial charge is 0.0468 e. The van der Waals surface area contributed by atoms with Crippen LogP contribution in [0.1, 0.15) is 30.5 Å². The van der Waals surface area contributed by atoms with Crippen LogP contribution in [0.2, 0.25) is 5.02 Å². The zero-order chi connectivity index (χ0) is 11.5. The maximum absolute atomic E-state index is 8.99. The molecule has 0 radical (unpaired) electrons. The second kappa shape index (κ2) is 5.17. The van der Waals surface area contributed by atoms with E-state index in [1.165, 1.54) is 11.1 Å². The van der Waals surface area contributed by atoms with E-state index in [1.807, 2.05) is 19.1 Å². The molecule has 1 aliphatic carbocycles. The fraction of sp³-hybridized carbons (Fsp3) is 0.538. The van der Waals surface area contributed by atoms with E-state index in [0.29, 0.717) is 12.0 Å². The van der Waals surface area contributed by atoms with Crippen LogP contribution in [0, 0.1) is 5.92 Å². The van der Waals surface area contributed by atoms with E-state index in [0.717, 1.165) is 24.4 Å². The monoisotopic (exact) mass is 239 g/mol. The molecule has 2 unspecified atom stereocenters. The highest BCUT2D eigenvalue weighted by atomic mass is 35.5. The molecule has 2 atom stereocenters. The van der Waals surface area contributed by atoms with Crippen molar-refractivity contribution in [2.45, 2.75) is 25.8 Å². The Morgan fingerprint density at radius 2 is 2.38 bits per heavy atom. The summed E-state index contributed by atoms with van der Waals surface area (Å²) < 4.78 is 0. The summed E-state index contributed by atoms with van der Waals surface area (Å²) in [6.45, 7) is 3.13. The minimum absolute atomic E-state index is 0.238. The van der Waals surface area contributed by atoms with Gasteiger partial charge in [0.15, 0.2) is 0 Å². The Balaban J connectivity index is 2.03. The number of nitrogens with one attached hydrogen (secondary N) is 1. The van der Waals surface area contributed by atoms with Gasteiger partial charge in [-0.2, -0.15) is 0 Å². The minimum Gasteiger partial charge on any atom is -0.396 e. The first-order chi connectivity index (χ1) is 7.72. The molecule has 88 valence electrons. The fourth-order valence-corrected chi connectivity index (χ4v) is 2.51. The van der Waals surface area contributed by atoms with Crippen molar-refractivity contribution >= 4 is 11.6 Å². The summed E-state index contributed by atoms with van der Waals surface area (Å²) in [4.78, 5) is 0.